The molecule has 0 bridgehead atoms. The van der Waals surface area contributed by atoms with Crippen molar-refractivity contribution in [2.45, 2.75) is 0 Å². The molecule has 2 heterocycles. The van der Waals surface area contributed by atoms with E-state index in [4.69, 9.17) is 0 Å². The molecule has 0 atom stereocenters. The van der Waals surface area contributed by atoms with Gasteiger partial charge in [0, 0.05) is 16.6 Å². The first-order valence-electron chi connectivity index (χ1n) is 6.98. The summed E-state index contributed by atoms with van der Waals surface area (Å²) in [6.45, 7) is 0. The van der Waals surface area contributed by atoms with Crippen LogP contribution in [0.1, 0.15) is 0 Å². The maximum absolute atomic E-state index is 4.62. The highest BCUT2D eigenvalue weighted by molar-refractivity contribution is 5.81. The molecule has 4 aromatic rings. The summed E-state index contributed by atoms with van der Waals surface area (Å²) in [6.07, 6.45) is 1.57. The fraction of sp³-hybridized carbons (Fsp3) is 0. The van der Waals surface area contributed by atoms with Crippen molar-refractivity contribution in [2.75, 3.05) is 5.32 Å². The SMILES string of the molecule is c1cc(Nc2ccc3ccccc3n2)cc(-c2nnc[nH]2)c1. The van der Waals surface area contributed by atoms with Gasteiger partial charge in [-0.25, -0.2) is 4.98 Å². The fourth-order valence-electron chi connectivity index (χ4n) is 2.37. The van der Waals surface area contributed by atoms with Crippen molar-refractivity contribution in [3.05, 3.63) is 67.0 Å². The molecule has 0 amide bonds. The van der Waals surface area contributed by atoms with E-state index in [0.717, 1.165) is 33.8 Å². The van der Waals surface area contributed by atoms with Crippen molar-refractivity contribution in [2.24, 2.45) is 0 Å². The quantitative estimate of drug-likeness (QED) is 0.602. The average molecular weight is 287 g/mol. The molecule has 0 fully saturated rings. The van der Waals surface area contributed by atoms with Crippen LogP contribution in [0, 0.1) is 0 Å². The van der Waals surface area contributed by atoms with Gasteiger partial charge in [0.25, 0.3) is 0 Å². The Labute approximate surface area is 127 Å². The van der Waals surface area contributed by atoms with Crippen molar-refractivity contribution in [3.8, 4) is 11.4 Å². The molecular weight excluding hydrogens is 274 g/mol. The molecule has 0 saturated carbocycles. The summed E-state index contributed by atoms with van der Waals surface area (Å²) >= 11 is 0. The van der Waals surface area contributed by atoms with Crippen LogP contribution in [0.25, 0.3) is 22.3 Å². The van der Waals surface area contributed by atoms with Crippen LogP contribution in [0.15, 0.2) is 67.0 Å². The van der Waals surface area contributed by atoms with E-state index in [-0.39, 0.29) is 0 Å². The molecule has 0 aliphatic rings. The number of rotatable bonds is 3. The molecule has 0 spiro atoms. The lowest BCUT2D eigenvalue weighted by atomic mass is 10.2. The molecular formula is C17H13N5. The van der Waals surface area contributed by atoms with Gasteiger partial charge in [-0.05, 0) is 30.3 Å². The standard InChI is InChI=1S/C17H13N5/c1-2-7-15-12(4-1)8-9-16(21-15)20-14-6-3-5-13(10-14)17-18-11-19-22-17/h1-11H,(H,20,21)(H,18,19,22). The third kappa shape index (κ3) is 2.40. The maximum Gasteiger partial charge on any atom is 0.161 e. The van der Waals surface area contributed by atoms with E-state index in [1.807, 2.05) is 48.5 Å². The van der Waals surface area contributed by atoms with Crippen LogP contribution < -0.4 is 5.32 Å². The molecule has 2 N–H and O–H groups in total. The summed E-state index contributed by atoms with van der Waals surface area (Å²) < 4.78 is 0. The molecule has 5 nitrogen and oxygen atoms in total. The second-order valence-corrected chi connectivity index (χ2v) is 4.93. The first-order chi connectivity index (χ1) is 10.9. The Morgan fingerprint density at radius 3 is 2.77 bits per heavy atom. The molecule has 5 heteroatoms. The van der Waals surface area contributed by atoms with Gasteiger partial charge in [-0.1, -0.05) is 30.3 Å². The number of nitrogens with zero attached hydrogens (tertiary/aromatic N) is 3. The lowest BCUT2D eigenvalue weighted by molar-refractivity contribution is 1.10. The highest BCUT2D eigenvalue weighted by atomic mass is 15.2. The van der Waals surface area contributed by atoms with Gasteiger partial charge in [0.15, 0.2) is 5.82 Å². The smallest absolute Gasteiger partial charge is 0.161 e. The number of pyridine rings is 1. The van der Waals surface area contributed by atoms with Gasteiger partial charge >= 0.3 is 0 Å². The Hall–Kier alpha value is -3.21. The lowest BCUT2D eigenvalue weighted by Crippen LogP contribution is -1.94. The molecule has 4 rings (SSSR count). The number of nitrogens with one attached hydrogen (secondary N) is 2. The highest BCUT2D eigenvalue weighted by Gasteiger charge is 2.03. The van der Waals surface area contributed by atoms with E-state index in [0.29, 0.717) is 0 Å². The van der Waals surface area contributed by atoms with Gasteiger partial charge in [0.05, 0.1) is 5.52 Å². The number of H-pyrrole nitrogens is 1. The van der Waals surface area contributed by atoms with E-state index < -0.39 is 0 Å². The van der Waals surface area contributed by atoms with E-state index >= 15 is 0 Å². The number of aromatic amines is 1. The number of anilines is 2. The minimum atomic E-state index is 0.745. The van der Waals surface area contributed by atoms with Gasteiger partial charge in [0.2, 0.25) is 0 Å². The summed E-state index contributed by atoms with van der Waals surface area (Å²) in [4.78, 5) is 7.62. The minimum Gasteiger partial charge on any atom is -0.340 e. The van der Waals surface area contributed by atoms with Crippen molar-refractivity contribution >= 4 is 22.4 Å². The number of hydrogen-bond acceptors (Lipinski definition) is 4. The Morgan fingerprint density at radius 2 is 1.86 bits per heavy atom. The number of aromatic nitrogens is 4. The van der Waals surface area contributed by atoms with Crippen LogP contribution in [0.4, 0.5) is 11.5 Å². The van der Waals surface area contributed by atoms with Crippen LogP contribution in [-0.4, -0.2) is 20.2 Å². The van der Waals surface area contributed by atoms with Crippen molar-refractivity contribution < 1.29 is 0 Å². The zero-order valence-electron chi connectivity index (χ0n) is 11.7. The summed E-state index contributed by atoms with van der Waals surface area (Å²) in [5.74, 6) is 1.56. The highest BCUT2D eigenvalue weighted by Crippen LogP contribution is 2.22. The summed E-state index contributed by atoms with van der Waals surface area (Å²) in [6, 6.07) is 20.1. The van der Waals surface area contributed by atoms with Crippen LogP contribution in [0.5, 0.6) is 0 Å². The van der Waals surface area contributed by atoms with E-state index in [2.05, 4.69) is 37.6 Å². The van der Waals surface area contributed by atoms with Crippen LogP contribution >= 0.6 is 0 Å². The Bertz CT molecular complexity index is 915. The Kier molecular flexibility index (Phi) is 3.01. The average Bonchev–Trinajstić information content (AvgIpc) is 3.10. The molecule has 0 radical (unpaired) electrons. The zero-order valence-corrected chi connectivity index (χ0v) is 11.7. The van der Waals surface area contributed by atoms with Gasteiger partial charge in [0.1, 0.15) is 12.1 Å². The zero-order chi connectivity index (χ0) is 14.8. The lowest BCUT2D eigenvalue weighted by Gasteiger charge is -2.07. The van der Waals surface area contributed by atoms with Gasteiger partial charge < -0.3 is 10.3 Å². The summed E-state index contributed by atoms with van der Waals surface area (Å²) in [5.41, 5.74) is 2.90. The number of hydrogen-bond donors (Lipinski definition) is 2. The van der Waals surface area contributed by atoms with Crippen LogP contribution in [-0.2, 0) is 0 Å². The normalized spacial score (nSPS) is 10.7. The molecule has 2 aromatic heterocycles. The van der Waals surface area contributed by atoms with Crippen molar-refractivity contribution in [1.82, 2.24) is 20.2 Å². The largest absolute Gasteiger partial charge is 0.340 e. The topological polar surface area (TPSA) is 66.5 Å². The van der Waals surface area contributed by atoms with Crippen LogP contribution in [0.2, 0.25) is 0 Å². The van der Waals surface area contributed by atoms with E-state index in [9.17, 15) is 0 Å². The summed E-state index contributed by atoms with van der Waals surface area (Å²) in [7, 11) is 0. The number of benzene rings is 2. The molecule has 0 aliphatic carbocycles. The third-order valence-corrected chi connectivity index (χ3v) is 3.42. The first kappa shape index (κ1) is 12.5. The first-order valence-corrected chi connectivity index (χ1v) is 6.98. The fourth-order valence-corrected chi connectivity index (χ4v) is 2.37. The van der Waals surface area contributed by atoms with E-state index in [1.165, 1.54) is 0 Å². The molecule has 106 valence electrons. The Balaban J connectivity index is 1.66. The number of para-hydroxylation sites is 1. The second-order valence-electron chi connectivity index (χ2n) is 4.93. The molecule has 0 aliphatic heterocycles. The van der Waals surface area contributed by atoms with Gasteiger partial charge in [-0.2, -0.15) is 0 Å². The minimum absolute atomic E-state index is 0.745. The molecule has 0 saturated heterocycles. The third-order valence-electron chi connectivity index (χ3n) is 3.42. The van der Waals surface area contributed by atoms with E-state index in [1.54, 1.807) is 6.33 Å². The second kappa shape index (κ2) is 5.29. The van der Waals surface area contributed by atoms with Gasteiger partial charge in [-0.15, -0.1) is 10.2 Å². The predicted octanol–water partition coefficient (Wildman–Crippen LogP) is 3.76. The summed E-state index contributed by atoms with van der Waals surface area (Å²) in [5, 5.41) is 12.3. The predicted molar refractivity (Wildman–Crippen MR) is 86.8 cm³/mol. The monoisotopic (exact) mass is 287 g/mol. The molecule has 0 unspecified atom stereocenters. The van der Waals surface area contributed by atoms with Crippen LogP contribution in [0.3, 0.4) is 0 Å². The molecule has 22 heavy (non-hydrogen) atoms. The number of fused-ring (bicyclic) bond motifs is 1. The van der Waals surface area contributed by atoms with Gasteiger partial charge in [-0.3, -0.25) is 0 Å². The molecule has 2 aromatic carbocycles. The van der Waals surface area contributed by atoms with Crippen molar-refractivity contribution in [1.29, 1.82) is 0 Å². The van der Waals surface area contributed by atoms with Crippen molar-refractivity contribution in [3.63, 3.8) is 0 Å². The maximum atomic E-state index is 4.62. The Morgan fingerprint density at radius 1 is 0.909 bits per heavy atom.